The van der Waals surface area contributed by atoms with Crippen molar-refractivity contribution in [2.45, 2.75) is 25.1 Å². The number of hydrogen-bond donors (Lipinski definition) is 1. The second-order valence-electron chi connectivity index (χ2n) is 6.34. The fourth-order valence-electron chi connectivity index (χ4n) is 2.83. The van der Waals surface area contributed by atoms with Crippen molar-refractivity contribution in [3.05, 3.63) is 53.6 Å². The van der Waals surface area contributed by atoms with Crippen molar-refractivity contribution in [2.24, 2.45) is 0 Å². The van der Waals surface area contributed by atoms with Gasteiger partial charge in [-0.1, -0.05) is 0 Å². The van der Waals surface area contributed by atoms with E-state index < -0.39 is 17.6 Å². The van der Waals surface area contributed by atoms with Crippen LogP contribution in [0.5, 0.6) is 11.5 Å². The number of halogens is 3. The third-order valence-corrected chi connectivity index (χ3v) is 4.36. The first-order valence-corrected chi connectivity index (χ1v) is 8.78. The highest BCUT2D eigenvalue weighted by atomic mass is 19.4. The molecule has 1 aliphatic rings. The zero-order valence-electron chi connectivity index (χ0n) is 15.2. The molecule has 8 heteroatoms. The lowest BCUT2D eigenvalue weighted by Crippen LogP contribution is -2.18. The first kappa shape index (κ1) is 20.0. The molecule has 150 valence electrons. The van der Waals surface area contributed by atoms with Crippen LogP contribution in [0, 0.1) is 0 Å². The number of anilines is 1. The molecular formula is C20H20F3NO4. The van der Waals surface area contributed by atoms with Crippen molar-refractivity contribution in [3.63, 3.8) is 0 Å². The van der Waals surface area contributed by atoms with Gasteiger partial charge in [0, 0.05) is 12.2 Å². The van der Waals surface area contributed by atoms with E-state index >= 15 is 0 Å². The lowest BCUT2D eigenvalue weighted by atomic mass is 10.1. The lowest BCUT2D eigenvalue weighted by molar-refractivity contribution is -0.137. The Bertz CT molecular complexity index is 815. The molecule has 0 aromatic heterocycles. The normalized spacial score (nSPS) is 16.6. The van der Waals surface area contributed by atoms with Crippen molar-refractivity contribution < 1.29 is 32.2 Å². The van der Waals surface area contributed by atoms with E-state index in [1.54, 1.807) is 12.1 Å². The van der Waals surface area contributed by atoms with Crippen molar-refractivity contribution in [3.8, 4) is 11.5 Å². The van der Waals surface area contributed by atoms with Crippen LogP contribution in [0.2, 0.25) is 0 Å². The summed E-state index contributed by atoms with van der Waals surface area (Å²) in [6.07, 6.45) is -2.89. The lowest BCUT2D eigenvalue weighted by Gasteiger charge is -2.17. The van der Waals surface area contributed by atoms with E-state index in [9.17, 15) is 18.0 Å². The number of nitrogens with one attached hydrogen (secondary N) is 1. The van der Waals surface area contributed by atoms with Crippen LogP contribution in [0.15, 0.2) is 42.5 Å². The number of carbonyl (C=O) groups excluding carboxylic acids is 1. The molecule has 3 rings (SSSR count). The number of alkyl halides is 3. The quantitative estimate of drug-likeness (QED) is 0.781. The second-order valence-corrected chi connectivity index (χ2v) is 6.34. The van der Waals surface area contributed by atoms with Gasteiger partial charge in [0.2, 0.25) is 0 Å². The van der Waals surface area contributed by atoms with Crippen LogP contribution in [0.3, 0.4) is 0 Å². The highest BCUT2D eigenvalue weighted by Gasteiger charge is 2.31. The van der Waals surface area contributed by atoms with Gasteiger partial charge in [-0.25, -0.2) is 0 Å². The minimum atomic E-state index is -4.54. The Morgan fingerprint density at radius 2 is 1.96 bits per heavy atom. The van der Waals surface area contributed by atoms with Gasteiger partial charge in [-0.2, -0.15) is 13.2 Å². The van der Waals surface area contributed by atoms with Crippen LogP contribution in [0.1, 0.15) is 28.8 Å². The van der Waals surface area contributed by atoms with E-state index in [1.165, 1.54) is 25.3 Å². The number of carbonyl (C=O) groups is 1. The summed E-state index contributed by atoms with van der Waals surface area (Å²) in [5, 5.41) is 2.51. The fraction of sp³-hybridized carbons (Fsp3) is 0.350. The van der Waals surface area contributed by atoms with Crippen molar-refractivity contribution >= 4 is 11.6 Å². The molecule has 2 aromatic carbocycles. The Hall–Kier alpha value is -2.74. The molecule has 28 heavy (non-hydrogen) atoms. The minimum Gasteiger partial charge on any atom is -0.497 e. The third-order valence-electron chi connectivity index (χ3n) is 4.36. The van der Waals surface area contributed by atoms with Gasteiger partial charge >= 0.3 is 6.18 Å². The van der Waals surface area contributed by atoms with Crippen molar-refractivity contribution in [1.29, 1.82) is 0 Å². The van der Waals surface area contributed by atoms with Crippen LogP contribution < -0.4 is 14.8 Å². The summed E-state index contributed by atoms with van der Waals surface area (Å²) >= 11 is 0. The summed E-state index contributed by atoms with van der Waals surface area (Å²) in [6, 6.07) is 9.23. The van der Waals surface area contributed by atoms with Gasteiger partial charge in [0.25, 0.3) is 5.91 Å². The maximum atomic E-state index is 13.1. The van der Waals surface area contributed by atoms with E-state index in [4.69, 9.17) is 14.2 Å². The summed E-state index contributed by atoms with van der Waals surface area (Å²) in [5.41, 5.74) is -0.640. The minimum absolute atomic E-state index is 0.0476. The topological polar surface area (TPSA) is 56.8 Å². The SMILES string of the molecule is COc1ccc(C(=O)Nc2cc(C(F)(F)F)ccc2OC[C@H]2CCCO2)cc1. The largest absolute Gasteiger partial charge is 0.497 e. The Balaban J connectivity index is 1.80. The molecule has 5 nitrogen and oxygen atoms in total. The van der Waals surface area contributed by atoms with Crippen LogP contribution in [0.4, 0.5) is 18.9 Å². The maximum absolute atomic E-state index is 13.1. The Morgan fingerprint density at radius 3 is 2.57 bits per heavy atom. The van der Waals surface area contributed by atoms with Crippen molar-refractivity contribution in [1.82, 2.24) is 0 Å². The van der Waals surface area contributed by atoms with Crippen LogP contribution in [-0.2, 0) is 10.9 Å². The maximum Gasteiger partial charge on any atom is 0.416 e. The first-order chi connectivity index (χ1) is 13.4. The zero-order chi connectivity index (χ0) is 20.1. The molecule has 1 fully saturated rings. The van der Waals surface area contributed by atoms with Gasteiger partial charge in [-0.15, -0.1) is 0 Å². The molecule has 1 atom stereocenters. The highest BCUT2D eigenvalue weighted by molar-refractivity contribution is 6.05. The molecule has 0 spiro atoms. The van der Waals surface area contributed by atoms with Crippen LogP contribution in [0.25, 0.3) is 0 Å². The van der Waals surface area contributed by atoms with Gasteiger partial charge in [-0.3, -0.25) is 4.79 Å². The predicted molar refractivity (Wildman–Crippen MR) is 96.9 cm³/mol. The third kappa shape index (κ3) is 4.95. The number of rotatable bonds is 6. The Labute approximate surface area is 160 Å². The molecule has 0 bridgehead atoms. The fourth-order valence-corrected chi connectivity index (χ4v) is 2.83. The average Bonchev–Trinajstić information content (AvgIpc) is 3.20. The first-order valence-electron chi connectivity index (χ1n) is 8.78. The Kier molecular flexibility index (Phi) is 6.08. The molecular weight excluding hydrogens is 375 g/mol. The molecule has 1 N–H and O–H groups in total. The number of hydrogen-bond acceptors (Lipinski definition) is 4. The summed E-state index contributed by atoms with van der Waals surface area (Å²) in [5.74, 6) is 0.172. The zero-order valence-corrected chi connectivity index (χ0v) is 15.2. The number of amides is 1. The van der Waals surface area contributed by atoms with E-state index in [0.29, 0.717) is 12.4 Å². The molecule has 1 amide bonds. The summed E-state index contributed by atoms with van der Waals surface area (Å²) in [7, 11) is 1.50. The van der Waals surface area contributed by atoms with Gasteiger partial charge in [-0.05, 0) is 55.3 Å². The number of ether oxygens (including phenoxy) is 3. The molecule has 1 aliphatic heterocycles. The molecule has 0 saturated carbocycles. The molecule has 1 saturated heterocycles. The number of methoxy groups -OCH3 is 1. The monoisotopic (exact) mass is 395 g/mol. The molecule has 0 unspecified atom stereocenters. The summed E-state index contributed by atoms with van der Waals surface area (Å²) in [4.78, 5) is 12.5. The molecule has 1 heterocycles. The average molecular weight is 395 g/mol. The Morgan fingerprint density at radius 1 is 1.21 bits per heavy atom. The standard InChI is InChI=1S/C20H20F3NO4/c1-26-15-7-4-13(5-8-15)19(25)24-17-11-14(20(21,22)23)6-9-18(17)28-12-16-3-2-10-27-16/h4-9,11,16H,2-3,10,12H2,1H3,(H,24,25)/t16-/m1/s1. The second kappa shape index (κ2) is 8.52. The summed E-state index contributed by atoms with van der Waals surface area (Å²) in [6.45, 7) is 0.846. The van der Waals surface area contributed by atoms with Crippen molar-refractivity contribution in [2.75, 3.05) is 25.6 Å². The smallest absolute Gasteiger partial charge is 0.416 e. The van der Waals surface area contributed by atoms with Gasteiger partial charge in [0.15, 0.2) is 0 Å². The van der Waals surface area contributed by atoms with Gasteiger partial charge in [0.05, 0.1) is 24.5 Å². The molecule has 0 radical (unpaired) electrons. The summed E-state index contributed by atoms with van der Waals surface area (Å²) < 4.78 is 55.4. The van der Waals surface area contributed by atoms with E-state index in [0.717, 1.165) is 25.0 Å². The molecule has 2 aromatic rings. The van der Waals surface area contributed by atoms with Gasteiger partial charge < -0.3 is 19.5 Å². The number of benzene rings is 2. The van der Waals surface area contributed by atoms with Crippen LogP contribution in [-0.4, -0.2) is 32.3 Å². The van der Waals surface area contributed by atoms with Crippen LogP contribution >= 0.6 is 0 Å². The highest BCUT2D eigenvalue weighted by Crippen LogP contribution is 2.35. The van der Waals surface area contributed by atoms with E-state index in [-0.39, 0.29) is 29.7 Å². The predicted octanol–water partition coefficient (Wildman–Crippen LogP) is 4.52. The van der Waals surface area contributed by atoms with E-state index in [1.807, 2.05) is 0 Å². The van der Waals surface area contributed by atoms with E-state index in [2.05, 4.69) is 5.32 Å². The van der Waals surface area contributed by atoms with Gasteiger partial charge in [0.1, 0.15) is 18.1 Å². The molecule has 0 aliphatic carbocycles.